The number of furan rings is 1. The first kappa shape index (κ1) is 23.5. The topological polar surface area (TPSA) is 80.0 Å². The highest BCUT2D eigenvalue weighted by Gasteiger charge is 2.46. The van der Waals surface area contributed by atoms with Gasteiger partial charge in [-0.3, -0.25) is 9.59 Å². The maximum atomic E-state index is 13.2. The number of nitrogens with zero attached hydrogens (tertiary/aromatic N) is 1. The maximum Gasteiger partial charge on any atom is 0.296 e. The van der Waals surface area contributed by atoms with Gasteiger partial charge in [0.2, 0.25) is 0 Å². The van der Waals surface area contributed by atoms with Crippen molar-refractivity contribution in [1.82, 2.24) is 4.90 Å². The number of aliphatic hydroxyl groups excluding tert-OH is 1. The minimum atomic E-state index is -0.822. The Morgan fingerprint density at radius 2 is 1.72 bits per heavy atom. The van der Waals surface area contributed by atoms with Crippen LogP contribution in [-0.4, -0.2) is 21.7 Å². The average molecular weight is 500 g/mol. The van der Waals surface area contributed by atoms with Gasteiger partial charge in [0, 0.05) is 10.6 Å². The quantitative estimate of drug-likeness (QED) is 0.188. The van der Waals surface area contributed by atoms with Crippen LogP contribution in [0.3, 0.4) is 0 Å². The van der Waals surface area contributed by atoms with Gasteiger partial charge >= 0.3 is 0 Å². The summed E-state index contributed by atoms with van der Waals surface area (Å²) in [6.07, 6.45) is 1.51. The molecule has 1 amide bonds. The number of likely N-dealkylation sites (tertiary alicyclic amines) is 1. The zero-order valence-electron chi connectivity index (χ0n) is 19.1. The molecule has 1 N–H and O–H groups in total. The third-order valence-corrected chi connectivity index (χ3v) is 6.22. The van der Waals surface area contributed by atoms with Crippen molar-refractivity contribution in [3.63, 3.8) is 0 Å². The molecule has 1 unspecified atom stereocenters. The maximum absolute atomic E-state index is 13.2. The Hall–Kier alpha value is -4.29. The Labute approximate surface area is 213 Å². The third-order valence-electron chi connectivity index (χ3n) is 5.99. The highest BCUT2D eigenvalue weighted by Crippen LogP contribution is 2.41. The molecule has 36 heavy (non-hydrogen) atoms. The summed E-state index contributed by atoms with van der Waals surface area (Å²) >= 11 is 6.11. The Balaban J connectivity index is 1.51. The molecule has 1 saturated heterocycles. The molecule has 5 rings (SSSR count). The molecule has 0 saturated carbocycles. The van der Waals surface area contributed by atoms with Crippen LogP contribution in [0.2, 0.25) is 5.02 Å². The van der Waals surface area contributed by atoms with Crippen LogP contribution in [-0.2, 0) is 22.7 Å². The summed E-state index contributed by atoms with van der Waals surface area (Å²) in [5.41, 5.74) is 2.03. The Morgan fingerprint density at radius 1 is 0.944 bits per heavy atom. The van der Waals surface area contributed by atoms with E-state index in [0.29, 0.717) is 34.3 Å². The molecule has 0 spiro atoms. The van der Waals surface area contributed by atoms with Gasteiger partial charge in [0.15, 0.2) is 0 Å². The van der Waals surface area contributed by atoms with Crippen molar-refractivity contribution >= 4 is 29.1 Å². The summed E-state index contributed by atoms with van der Waals surface area (Å²) in [6.45, 7) is 0.479. The Morgan fingerprint density at radius 3 is 2.42 bits per heavy atom. The van der Waals surface area contributed by atoms with Gasteiger partial charge in [0.25, 0.3) is 11.7 Å². The molecule has 0 radical (unpaired) electrons. The van der Waals surface area contributed by atoms with E-state index in [1.165, 1.54) is 11.2 Å². The first-order valence-corrected chi connectivity index (χ1v) is 11.7. The second-order valence-electron chi connectivity index (χ2n) is 8.36. The summed E-state index contributed by atoms with van der Waals surface area (Å²) in [5, 5.41) is 11.5. The normalized spacial score (nSPS) is 16.9. The molecule has 0 aliphatic carbocycles. The third kappa shape index (κ3) is 4.76. The molecule has 6 nitrogen and oxygen atoms in total. The zero-order valence-corrected chi connectivity index (χ0v) is 19.9. The van der Waals surface area contributed by atoms with Gasteiger partial charge in [-0.25, -0.2) is 0 Å². The largest absolute Gasteiger partial charge is 0.507 e. The fourth-order valence-electron chi connectivity index (χ4n) is 4.24. The van der Waals surface area contributed by atoms with E-state index in [-0.39, 0.29) is 17.9 Å². The number of amides is 1. The fraction of sp³-hybridized carbons (Fsp3) is 0.103. The summed E-state index contributed by atoms with van der Waals surface area (Å²) in [6, 6.07) is 26.1. The van der Waals surface area contributed by atoms with Crippen LogP contribution < -0.4 is 4.74 Å². The van der Waals surface area contributed by atoms with Crippen LogP contribution in [0.5, 0.6) is 5.75 Å². The number of ketones is 1. The van der Waals surface area contributed by atoms with Gasteiger partial charge in [0.1, 0.15) is 23.9 Å². The lowest BCUT2D eigenvalue weighted by molar-refractivity contribution is -0.140. The predicted octanol–water partition coefficient (Wildman–Crippen LogP) is 6.13. The number of ether oxygens (including phenoxy) is 1. The van der Waals surface area contributed by atoms with Crippen LogP contribution in [0.25, 0.3) is 5.76 Å². The van der Waals surface area contributed by atoms with Gasteiger partial charge < -0.3 is 19.2 Å². The van der Waals surface area contributed by atoms with Crippen LogP contribution in [0, 0.1) is 0 Å². The van der Waals surface area contributed by atoms with E-state index in [9.17, 15) is 14.7 Å². The van der Waals surface area contributed by atoms with Gasteiger partial charge in [-0.05, 0) is 47.5 Å². The van der Waals surface area contributed by atoms with Crippen molar-refractivity contribution in [2.45, 2.75) is 19.2 Å². The monoisotopic (exact) mass is 499 g/mol. The van der Waals surface area contributed by atoms with Gasteiger partial charge in [-0.2, -0.15) is 0 Å². The van der Waals surface area contributed by atoms with E-state index in [1.807, 2.05) is 30.3 Å². The molecule has 0 bridgehead atoms. The van der Waals surface area contributed by atoms with Crippen molar-refractivity contribution in [1.29, 1.82) is 0 Å². The van der Waals surface area contributed by atoms with E-state index in [0.717, 1.165) is 5.56 Å². The lowest BCUT2D eigenvalue weighted by atomic mass is 9.95. The number of aliphatic hydroxyl groups is 1. The lowest BCUT2D eigenvalue weighted by Crippen LogP contribution is -2.29. The molecule has 4 aromatic rings. The second kappa shape index (κ2) is 10.1. The van der Waals surface area contributed by atoms with Crippen LogP contribution in [0.1, 0.15) is 28.5 Å². The van der Waals surface area contributed by atoms with Crippen molar-refractivity contribution in [3.8, 4) is 5.75 Å². The number of rotatable bonds is 7. The smallest absolute Gasteiger partial charge is 0.296 e. The molecule has 1 aromatic heterocycles. The molecular weight excluding hydrogens is 478 g/mol. The Kier molecular flexibility index (Phi) is 6.60. The van der Waals surface area contributed by atoms with Crippen molar-refractivity contribution in [3.05, 3.63) is 130 Å². The SMILES string of the molecule is O=C1C(=O)N(Cc2ccco2)C(c2ccc(OCc3ccccc3)cc2)/C1=C(/O)c1cccc(Cl)c1. The van der Waals surface area contributed by atoms with Gasteiger partial charge in [-0.15, -0.1) is 0 Å². The standard InChI is InChI=1S/C29H22ClNO5/c30-22-9-4-8-21(16-22)27(32)25-26(31(29(34)28(25)33)17-24-10-5-15-35-24)20-11-13-23(14-12-20)36-18-19-6-2-1-3-7-19/h1-16,26,32H,17-18H2/b27-25-. The predicted molar refractivity (Wildman–Crippen MR) is 135 cm³/mol. The molecule has 1 fully saturated rings. The number of carbonyl (C=O) groups is 2. The van der Waals surface area contributed by atoms with Crippen molar-refractivity contribution in [2.24, 2.45) is 0 Å². The number of hydrogen-bond acceptors (Lipinski definition) is 5. The van der Waals surface area contributed by atoms with Crippen LogP contribution >= 0.6 is 11.6 Å². The van der Waals surface area contributed by atoms with Crippen molar-refractivity contribution < 1.29 is 23.8 Å². The number of benzene rings is 3. The number of carbonyl (C=O) groups excluding carboxylic acids is 2. The van der Waals surface area contributed by atoms with E-state index >= 15 is 0 Å². The molecule has 1 aliphatic rings. The van der Waals surface area contributed by atoms with E-state index in [4.69, 9.17) is 20.8 Å². The number of hydrogen-bond donors (Lipinski definition) is 1. The fourth-order valence-corrected chi connectivity index (χ4v) is 4.43. The minimum absolute atomic E-state index is 0.00761. The molecule has 180 valence electrons. The van der Waals surface area contributed by atoms with Crippen molar-refractivity contribution in [2.75, 3.05) is 0 Å². The molecular formula is C29H22ClNO5. The summed E-state index contributed by atoms with van der Waals surface area (Å²) < 4.78 is 11.3. The molecule has 7 heteroatoms. The lowest BCUT2D eigenvalue weighted by Gasteiger charge is -2.24. The highest BCUT2D eigenvalue weighted by molar-refractivity contribution is 6.46. The first-order chi connectivity index (χ1) is 17.5. The second-order valence-corrected chi connectivity index (χ2v) is 8.80. The van der Waals surface area contributed by atoms with Gasteiger partial charge in [0.05, 0.1) is 24.4 Å². The molecule has 1 aliphatic heterocycles. The molecule has 1 atom stereocenters. The summed E-state index contributed by atoms with van der Waals surface area (Å²) in [4.78, 5) is 27.6. The Bertz CT molecular complexity index is 1410. The zero-order chi connectivity index (χ0) is 25.1. The molecule has 2 heterocycles. The summed E-state index contributed by atoms with van der Waals surface area (Å²) in [7, 11) is 0. The van der Waals surface area contributed by atoms with E-state index < -0.39 is 17.7 Å². The first-order valence-electron chi connectivity index (χ1n) is 11.3. The molecule has 3 aromatic carbocycles. The van der Waals surface area contributed by atoms with Gasteiger partial charge in [-0.1, -0.05) is 66.2 Å². The summed E-state index contributed by atoms with van der Waals surface area (Å²) in [5.74, 6) is -0.613. The van der Waals surface area contributed by atoms with Crippen LogP contribution in [0.4, 0.5) is 0 Å². The van der Waals surface area contributed by atoms with E-state index in [2.05, 4.69) is 0 Å². The number of halogens is 1. The van der Waals surface area contributed by atoms with Crippen LogP contribution in [0.15, 0.2) is 107 Å². The van der Waals surface area contributed by atoms with E-state index in [1.54, 1.807) is 60.7 Å². The highest BCUT2D eigenvalue weighted by atomic mass is 35.5. The minimum Gasteiger partial charge on any atom is -0.507 e. The number of Topliss-reactive ketones (excluding diaryl/α,β-unsaturated/α-hetero) is 1. The average Bonchev–Trinajstić information content (AvgIpc) is 3.50.